The van der Waals surface area contributed by atoms with Crippen LogP contribution in [0.1, 0.15) is 23.2 Å². The van der Waals surface area contributed by atoms with Crippen LogP contribution in [0.5, 0.6) is 0 Å². The van der Waals surface area contributed by atoms with Crippen LogP contribution in [0.2, 0.25) is 10.0 Å². The molecule has 0 aromatic heterocycles. The van der Waals surface area contributed by atoms with Crippen molar-refractivity contribution < 1.29 is 9.59 Å². The van der Waals surface area contributed by atoms with Gasteiger partial charge in [0, 0.05) is 23.1 Å². The molecule has 8 heteroatoms. The van der Waals surface area contributed by atoms with E-state index in [9.17, 15) is 9.59 Å². The highest BCUT2D eigenvalue weighted by Gasteiger charge is 2.39. The van der Waals surface area contributed by atoms with Gasteiger partial charge in [0.2, 0.25) is 5.91 Å². The van der Waals surface area contributed by atoms with Gasteiger partial charge in [-0.1, -0.05) is 47.5 Å². The van der Waals surface area contributed by atoms with Crippen LogP contribution in [-0.2, 0) is 4.79 Å². The molecule has 4 rings (SSSR count). The fourth-order valence-electron chi connectivity index (χ4n) is 3.51. The summed E-state index contributed by atoms with van der Waals surface area (Å²) in [4.78, 5) is 32.6. The molecule has 6 nitrogen and oxygen atoms in total. The second kappa shape index (κ2) is 7.81. The minimum Gasteiger partial charge on any atom is -0.353 e. The van der Waals surface area contributed by atoms with Crippen molar-refractivity contribution in [2.75, 3.05) is 19.6 Å². The fraction of sp³-hybridized carbons (Fsp3) is 0.250. The summed E-state index contributed by atoms with van der Waals surface area (Å²) in [6.07, 6.45) is 1.56. The third-order valence-corrected chi connectivity index (χ3v) is 5.41. The van der Waals surface area contributed by atoms with Gasteiger partial charge in [0.15, 0.2) is 0 Å². The van der Waals surface area contributed by atoms with Crippen molar-refractivity contribution in [3.63, 3.8) is 0 Å². The quantitative estimate of drug-likeness (QED) is 0.811. The SMILES string of the molecule is O=C1CN(C(=O)N2C=N[C@@H](c3ccc(Cl)cc3)[C@H]2c2ccc(Cl)cc2)CCN1. The standard InChI is InChI=1S/C20H18Cl2N4O2/c21-15-5-1-13(2-6-15)18-19(14-3-7-16(22)8-4-14)26(12-24-18)20(28)25-10-9-23-17(27)11-25/h1-8,12,18-19H,9-11H2,(H,23,27)/t18-,19+/m0/s1. The Morgan fingerprint density at radius 2 is 1.61 bits per heavy atom. The average molecular weight is 417 g/mol. The zero-order valence-corrected chi connectivity index (χ0v) is 16.4. The Kier molecular flexibility index (Phi) is 5.24. The summed E-state index contributed by atoms with van der Waals surface area (Å²) in [5.41, 5.74) is 1.86. The lowest BCUT2D eigenvalue weighted by atomic mass is 9.94. The highest BCUT2D eigenvalue weighted by Crippen LogP contribution is 2.41. The minimum absolute atomic E-state index is 0.0438. The molecule has 1 saturated heterocycles. The molecule has 0 radical (unpaired) electrons. The predicted octanol–water partition coefficient (Wildman–Crippen LogP) is 3.67. The molecule has 2 aromatic rings. The number of halogens is 2. The van der Waals surface area contributed by atoms with Gasteiger partial charge < -0.3 is 10.2 Å². The average Bonchev–Trinajstić information content (AvgIpc) is 3.13. The van der Waals surface area contributed by atoms with Crippen LogP contribution in [-0.4, -0.2) is 47.7 Å². The highest BCUT2D eigenvalue weighted by atomic mass is 35.5. The van der Waals surface area contributed by atoms with Gasteiger partial charge in [0.05, 0.1) is 12.4 Å². The Morgan fingerprint density at radius 1 is 1.00 bits per heavy atom. The van der Waals surface area contributed by atoms with Crippen molar-refractivity contribution >= 4 is 41.5 Å². The predicted molar refractivity (Wildman–Crippen MR) is 109 cm³/mol. The lowest BCUT2D eigenvalue weighted by Gasteiger charge is -2.34. The molecule has 1 N–H and O–H groups in total. The maximum Gasteiger partial charge on any atom is 0.326 e. The smallest absolute Gasteiger partial charge is 0.326 e. The third kappa shape index (κ3) is 3.70. The molecular weight excluding hydrogens is 399 g/mol. The van der Waals surface area contributed by atoms with E-state index in [-0.39, 0.29) is 30.6 Å². The van der Waals surface area contributed by atoms with Crippen LogP contribution >= 0.6 is 23.2 Å². The van der Waals surface area contributed by atoms with Gasteiger partial charge in [-0.15, -0.1) is 0 Å². The van der Waals surface area contributed by atoms with Crippen molar-refractivity contribution in [2.45, 2.75) is 12.1 Å². The number of rotatable bonds is 2. The molecule has 144 valence electrons. The van der Waals surface area contributed by atoms with Crippen molar-refractivity contribution in [1.29, 1.82) is 0 Å². The van der Waals surface area contributed by atoms with Crippen LogP contribution in [0.3, 0.4) is 0 Å². The van der Waals surface area contributed by atoms with Gasteiger partial charge in [0.1, 0.15) is 12.6 Å². The van der Waals surface area contributed by atoms with Crippen molar-refractivity contribution in [3.05, 3.63) is 69.7 Å². The molecular formula is C20H18Cl2N4O2. The molecule has 28 heavy (non-hydrogen) atoms. The number of benzene rings is 2. The first-order chi connectivity index (χ1) is 13.5. The third-order valence-electron chi connectivity index (χ3n) is 4.90. The summed E-state index contributed by atoms with van der Waals surface area (Å²) >= 11 is 12.1. The molecule has 0 bridgehead atoms. The molecule has 2 aliphatic heterocycles. The first kappa shape index (κ1) is 18.8. The molecule has 0 unspecified atom stereocenters. The van der Waals surface area contributed by atoms with E-state index < -0.39 is 0 Å². The lowest BCUT2D eigenvalue weighted by molar-refractivity contribution is -0.123. The molecule has 3 amide bonds. The van der Waals surface area contributed by atoms with E-state index in [4.69, 9.17) is 23.2 Å². The molecule has 2 atom stereocenters. The number of hydrogen-bond acceptors (Lipinski definition) is 3. The number of nitrogens with one attached hydrogen (secondary N) is 1. The largest absolute Gasteiger partial charge is 0.353 e. The molecule has 1 fully saturated rings. The van der Waals surface area contributed by atoms with Crippen LogP contribution in [0.25, 0.3) is 0 Å². The van der Waals surface area contributed by atoms with E-state index in [1.165, 1.54) is 4.90 Å². The van der Waals surface area contributed by atoms with Gasteiger partial charge in [-0.2, -0.15) is 0 Å². The second-order valence-electron chi connectivity index (χ2n) is 6.72. The summed E-state index contributed by atoms with van der Waals surface area (Å²) < 4.78 is 0. The maximum absolute atomic E-state index is 13.2. The Morgan fingerprint density at radius 3 is 2.21 bits per heavy atom. The molecule has 2 aliphatic rings. The number of amides is 3. The van der Waals surface area contributed by atoms with Crippen LogP contribution in [0.4, 0.5) is 4.79 Å². The Labute approximate surface area is 172 Å². The van der Waals surface area contributed by atoms with E-state index in [0.29, 0.717) is 23.1 Å². The van der Waals surface area contributed by atoms with Crippen molar-refractivity contribution in [3.8, 4) is 0 Å². The zero-order chi connectivity index (χ0) is 19.7. The molecule has 2 aromatic carbocycles. The van der Waals surface area contributed by atoms with E-state index in [0.717, 1.165) is 11.1 Å². The molecule has 0 aliphatic carbocycles. The number of nitrogens with zero attached hydrogens (tertiary/aromatic N) is 3. The Bertz CT molecular complexity index is 915. The number of hydrogen-bond donors (Lipinski definition) is 1. The summed E-state index contributed by atoms with van der Waals surface area (Å²) in [6, 6.07) is 14.0. The van der Waals surface area contributed by atoms with Gasteiger partial charge >= 0.3 is 6.03 Å². The summed E-state index contributed by atoms with van der Waals surface area (Å²) in [6.45, 7) is 0.956. The number of urea groups is 1. The van der Waals surface area contributed by atoms with Crippen LogP contribution in [0, 0.1) is 0 Å². The van der Waals surface area contributed by atoms with Crippen molar-refractivity contribution in [2.24, 2.45) is 4.99 Å². The normalized spacial score (nSPS) is 21.7. The van der Waals surface area contributed by atoms with Gasteiger partial charge in [-0.05, 0) is 35.4 Å². The number of carbonyl (C=O) groups excluding carboxylic acids is 2. The number of carbonyl (C=O) groups is 2. The maximum atomic E-state index is 13.2. The van der Waals surface area contributed by atoms with E-state index in [1.807, 2.05) is 36.4 Å². The Hall–Kier alpha value is -2.57. The monoisotopic (exact) mass is 416 g/mol. The van der Waals surface area contributed by atoms with Crippen LogP contribution in [0.15, 0.2) is 53.5 Å². The van der Waals surface area contributed by atoms with E-state index in [2.05, 4.69) is 10.3 Å². The first-order valence-corrected chi connectivity index (χ1v) is 9.67. The highest BCUT2D eigenvalue weighted by molar-refractivity contribution is 6.30. The van der Waals surface area contributed by atoms with Gasteiger partial charge in [-0.25, -0.2) is 4.79 Å². The first-order valence-electron chi connectivity index (χ1n) is 8.91. The second-order valence-corrected chi connectivity index (χ2v) is 7.59. The van der Waals surface area contributed by atoms with Crippen molar-refractivity contribution in [1.82, 2.24) is 15.1 Å². The van der Waals surface area contributed by atoms with E-state index >= 15 is 0 Å². The summed E-state index contributed by atoms with van der Waals surface area (Å²) in [7, 11) is 0. The number of aliphatic imine (C=N–C) groups is 1. The minimum atomic E-state index is -0.337. The molecule has 0 saturated carbocycles. The topological polar surface area (TPSA) is 65.0 Å². The van der Waals surface area contributed by atoms with Gasteiger partial charge in [0.25, 0.3) is 0 Å². The van der Waals surface area contributed by atoms with Gasteiger partial charge in [-0.3, -0.25) is 14.7 Å². The molecule has 2 heterocycles. The molecule has 0 spiro atoms. The zero-order valence-electron chi connectivity index (χ0n) is 14.9. The number of piperazine rings is 1. The fourth-order valence-corrected chi connectivity index (χ4v) is 3.77. The lowest BCUT2D eigenvalue weighted by Crippen LogP contribution is -2.53. The van der Waals surface area contributed by atoms with E-state index in [1.54, 1.807) is 23.4 Å². The van der Waals surface area contributed by atoms with Crippen LogP contribution < -0.4 is 5.32 Å². The summed E-state index contributed by atoms with van der Waals surface area (Å²) in [5, 5.41) is 4.00. The summed E-state index contributed by atoms with van der Waals surface area (Å²) in [5.74, 6) is -0.159. The Balaban J connectivity index is 1.68.